The zero-order valence-electron chi connectivity index (χ0n) is 8.16. The van der Waals surface area contributed by atoms with Crippen LogP contribution in [0.4, 0.5) is 8.78 Å². The highest BCUT2D eigenvalue weighted by atomic mass is 35.5. The number of rotatable bonds is 4. The van der Waals surface area contributed by atoms with Crippen LogP contribution in [0.1, 0.15) is 30.0 Å². The molecular formula is C10H10ClF2NO2. The SMILES string of the molecule is NC(CC(=O)O)c1cc(Cl)ccc1C(F)F. The molecule has 0 fully saturated rings. The number of aliphatic carboxylic acids is 1. The topological polar surface area (TPSA) is 63.3 Å². The number of hydrogen-bond acceptors (Lipinski definition) is 2. The van der Waals surface area contributed by atoms with Crippen LogP contribution >= 0.6 is 11.6 Å². The minimum Gasteiger partial charge on any atom is -0.481 e. The number of hydrogen-bond donors (Lipinski definition) is 2. The van der Waals surface area contributed by atoms with E-state index in [1.54, 1.807) is 0 Å². The van der Waals surface area contributed by atoms with Crippen molar-refractivity contribution in [1.82, 2.24) is 0 Å². The zero-order valence-corrected chi connectivity index (χ0v) is 8.92. The van der Waals surface area contributed by atoms with Crippen LogP contribution in [0.3, 0.4) is 0 Å². The Hall–Kier alpha value is -1.20. The molecule has 0 bridgehead atoms. The maximum absolute atomic E-state index is 12.6. The standard InChI is InChI=1S/C10H10ClF2NO2/c11-5-1-2-6(10(12)13)7(3-5)8(14)4-9(15)16/h1-3,8,10H,4,14H2,(H,15,16). The number of carboxylic acids is 1. The Bertz CT molecular complexity index is 398. The second-order valence-electron chi connectivity index (χ2n) is 3.28. The third-order valence-corrected chi connectivity index (χ3v) is 2.31. The van der Waals surface area contributed by atoms with E-state index in [1.807, 2.05) is 0 Å². The van der Waals surface area contributed by atoms with Crippen molar-refractivity contribution in [2.24, 2.45) is 5.73 Å². The lowest BCUT2D eigenvalue weighted by Crippen LogP contribution is -2.17. The van der Waals surface area contributed by atoms with Gasteiger partial charge in [-0.15, -0.1) is 0 Å². The van der Waals surface area contributed by atoms with Crippen molar-refractivity contribution < 1.29 is 18.7 Å². The van der Waals surface area contributed by atoms with E-state index in [-0.39, 0.29) is 16.1 Å². The summed E-state index contributed by atoms with van der Waals surface area (Å²) in [6.45, 7) is 0. The molecular weight excluding hydrogens is 240 g/mol. The average molecular weight is 250 g/mol. The third-order valence-electron chi connectivity index (χ3n) is 2.08. The van der Waals surface area contributed by atoms with E-state index in [0.717, 1.165) is 6.07 Å². The van der Waals surface area contributed by atoms with Crippen molar-refractivity contribution in [2.75, 3.05) is 0 Å². The van der Waals surface area contributed by atoms with Gasteiger partial charge in [-0.25, -0.2) is 8.78 Å². The van der Waals surface area contributed by atoms with E-state index in [4.69, 9.17) is 22.4 Å². The Labute approximate surface area is 95.8 Å². The van der Waals surface area contributed by atoms with Gasteiger partial charge in [0.1, 0.15) is 0 Å². The monoisotopic (exact) mass is 249 g/mol. The van der Waals surface area contributed by atoms with Crippen molar-refractivity contribution in [1.29, 1.82) is 0 Å². The van der Waals surface area contributed by atoms with Crippen LogP contribution in [0.15, 0.2) is 18.2 Å². The highest BCUT2D eigenvalue weighted by molar-refractivity contribution is 6.30. The lowest BCUT2D eigenvalue weighted by Gasteiger charge is -2.14. The molecule has 0 amide bonds. The van der Waals surface area contributed by atoms with Crippen molar-refractivity contribution in [2.45, 2.75) is 18.9 Å². The fourth-order valence-corrected chi connectivity index (χ4v) is 1.54. The van der Waals surface area contributed by atoms with Gasteiger partial charge in [-0.1, -0.05) is 17.7 Å². The number of carbonyl (C=O) groups is 1. The Balaban J connectivity index is 3.08. The van der Waals surface area contributed by atoms with Gasteiger partial charge in [-0.05, 0) is 17.7 Å². The number of benzene rings is 1. The molecule has 1 aromatic rings. The van der Waals surface area contributed by atoms with E-state index in [1.165, 1.54) is 12.1 Å². The summed E-state index contributed by atoms with van der Waals surface area (Å²) < 4.78 is 25.2. The van der Waals surface area contributed by atoms with Crippen LogP contribution < -0.4 is 5.73 Å². The number of alkyl halides is 2. The highest BCUT2D eigenvalue weighted by Gasteiger charge is 2.19. The van der Waals surface area contributed by atoms with Crippen LogP contribution in [0.2, 0.25) is 5.02 Å². The Morgan fingerprint density at radius 3 is 2.56 bits per heavy atom. The summed E-state index contributed by atoms with van der Waals surface area (Å²) in [6.07, 6.45) is -3.12. The maximum Gasteiger partial charge on any atom is 0.305 e. The summed E-state index contributed by atoms with van der Waals surface area (Å²) in [7, 11) is 0. The first-order valence-corrected chi connectivity index (χ1v) is 4.84. The molecule has 0 saturated carbocycles. The van der Waals surface area contributed by atoms with E-state index >= 15 is 0 Å². The largest absolute Gasteiger partial charge is 0.481 e. The van der Waals surface area contributed by atoms with Gasteiger partial charge in [-0.2, -0.15) is 0 Å². The molecule has 1 aromatic carbocycles. The summed E-state index contributed by atoms with van der Waals surface area (Å²) in [5, 5.41) is 8.79. The predicted molar refractivity (Wildman–Crippen MR) is 55.6 cm³/mol. The van der Waals surface area contributed by atoms with Crippen LogP contribution in [0, 0.1) is 0 Å². The number of nitrogens with two attached hydrogens (primary N) is 1. The van der Waals surface area contributed by atoms with Crippen LogP contribution in [-0.2, 0) is 4.79 Å². The second-order valence-corrected chi connectivity index (χ2v) is 3.71. The van der Waals surface area contributed by atoms with Crippen molar-refractivity contribution in [3.8, 4) is 0 Å². The van der Waals surface area contributed by atoms with Crippen LogP contribution in [-0.4, -0.2) is 11.1 Å². The van der Waals surface area contributed by atoms with Crippen molar-refractivity contribution >= 4 is 17.6 Å². The van der Waals surface area contributed by atoms with E-state index in [9.17, 15) is 13.6 Å². The molecule has 0 heterocycles. The van der Waals surface area contributed by atoms with Gasteiger partial charge in [-0.3, -0.25) is 4.79 Å². The first kappa shape index (κ1) is 12.9. The Morgan fingerprint density at radius 1 is 1.44 bits per heavy atom. The summed E-state index contributed by atoms with van der Waals surface area (Å²) in [4.78, 5) is 10.4. The molecule has 1 rings (SSSR count). The normalized spacial score (nSPS) is 12.8. The van der Waals surface area contributed by atoms with Gasteiger partial charge in [0.05, 0.1) is 6.42 Å². The zero-order chi connectivity index (χ0) is 12.3. The molecule has 0 saturated heterocycles. The lowest BCUT2D eigenvalue weighted by atomic mass is 9.99. The van der Waals surface area contributed by atoms with Gasteiger partial charge >= 0.3 is 5.97 Å². The summed E-state index contributed by atoms with van der Waals surface area (Å²) in [5.74, 6) is -1.15. The predicted octanol–water partition coefficient (Wildman–Crippen LogP) is 2.75. The first-order chi connectivity index (χ1) is 7.41. The quantitative estimate of drug-likeness (QED) is 0.862. The fourth-order valence-electron chi connectivity index (χ4n) is 1.36. The van der Waals surface area contributed by atoms with E-state index < -0.39 is 24.9 Å². The summed E-state index contributed by atoms with van der Waals surface area (Å²) in [6, 6.07) is 2.76. The number of halogens is 3. The molecule has 1 atom stereocenters. The second kappa shape index (κ2) is 5.23. The van der Waals surface area contributed by atoms with Crippen LogP contribution in [0.5, 0.6) is 0 Å². The fraction of sp³-hybridized carbons (Fsp3) is 0.300. The maximum atomic E-state index is 12.6. The molecule has 3 N–H and O–H groups in total. The molecule has 0 aliphatic heterocycles. The minimum atomic E-state index is -2.70. The Morgan fingerprint density at radius 2 is 2.06 bits per heavy atom. The van der Waals surface area contributed by atoms with Gasteiger partial charge in [0.2, 0.25) is 0 Å². The van der Waals surface area contributed by atoms with Gasteiger partial charge in [0, 0.05) is 16.6 Å². The van der Waals surface area contributed by atoms with E-state index in [0.29, 0.717) is 0 Å². The smallest absolute Gasteiger partial charge is 0.305 e. The minimum absolute atomic E-state index is 0.0740. The van der Waals surface area contributed by atoms with Crippen molar-refractivity contribution in [3.63, 3.8) is 0 Å². The molecule has 0 radical (unpaired) electrons. The van der Waals surface area contributed by atoms with Crippen LogP contribution in [0.25, 0.3) is 0 Å². The molecule has 0 spiro atoms. The molecule has 88 valence electrons. The molecule has 16 heavy (non-hydrogen) atoms. The average Bonchev–Trinajstić information content (AvgIpc) is 2.15. The van der Waals surface area contributed by atoms with Gasteiger partial charge in [0.15, 0.2) is 0 Å². The molecule has 0 aliphatic carbocycles. The van der Waals surface area contributed by atoms with Gasteiger partial charge < -0.3 is 10.8 Å². The lowest BCUT2D eigenvalue weighted by molar-refractivity contribution is -0.137. The first-order valence-electron chi connectivity index (χ1n) is 4.46. The van der Waals surface area contributed by atoms with E-state index in [2.05, 4.69) is 0 Å². The molecule has 1 unspecified atom stereocenters. The third kappa shape index (κ3) is 3.15. The van der Waals surface area contributed by atoms with Gasteiger partial charge in [0.25, 0.3) is 6.43 Å². The number of carboxylic acid groups (broad SMARTS) is 1. The summed E-state index contributed by atoms with van der Waals surface area (Å²) >= 11 is 5.65. The highest BCUT2D eigenvalue weighted by Crippen LogP contribution is 2.30. The van der Waals surface area contributed by atoms with Crippen molar-refractivity contribution in [3.05, 3.63) is 34.3 Å². The molecule has 0 aliphatic rings. The molecule has 6 heteroatoms. The summed E-state index contributed by atoms with van der Waals surface area (Å²) in [5.41, 5.74) is 5.33. The Kier molecular flexibility index (Phi) is 4.20. The molecule has 3 nitrogen and oxygen atoms in total. The molecule has 0 aromatic heterocycles.